The monoisotopic (exact) mass is 358 g/mol. The smallest absolute Gasteiger partial charge is 0.0620 e. The number of hydrogen-bond acceptors (Lipinski definition) is 0. The quantitative estimate of drug-likeness (QED) is 0.563. The molecule has 0 aromatic heterocycles. The van der Waals surface area contributed by atoms with Crippen molar-refractivity contribution < 1.29 is 19.5 Å². The van der Waals surface area contributed by atoms with E-state index in [4.69, 9.17) is 22.5 Å². The van der Waals surface area contributed by atoms with Crippen molar-refractivity contribution in [1.29, 1.82) is 0 Å². The van der Waals surface area contributed by atoms with Gasteiger partial charge in [-0.1, -0.05) is 36.4 Å². The molecule has 0 saturated carbocycles. The van der Waals surface area contributed by atoms with E-state index >= 15 is 0 Å². The van der Waals surface area contributed by atoms with Gasteiger partial charge >= 0.3 is 0 Å². The van der Waals surface area contributed by atoms with E-state index in [1.807, 2.05) is 60.7 Å². The summed E-state index contributed by atoms with van der Waals surface area (Å²) in [4.78, 5) is 0. The van der Waals surface area contributed by atoms with Gasteiger partial charge in [0.05, 0.1) is 0 Å². The number of halogens is 2. The topological polar surface area (TPSA) is 0 Å². The van der Waals surface area contributed by atoms with E-state index in [-0.39, 0.29) is 19.5 Å². The molecule has 0 unspecified atom stereocenters. The van der Waals surface area contributed by atoms with Crippen LogP contribution >= 0.6 is 28.4 Å². The molecule has 0 amide bonds. The van der Waals surface area contributed by atoms with E-state index in [0.717, 1.165) is 10.6 Å². The minimum atomic E-state index is -2.20. The standard InChI is InChI=1S/C12H10Cl2P.Rh/c13-15(14,11-7-3-1-4-8-11)12-9-5-2-6-10-12;/h1-10H;/q+1;. The summed E-state index contributed by atoms with van der Waals surface area (Å²) in [5.74, 6) is -2.20. The van der Waals surface area contributed by atoms with Crippen LogP contribution in [0.1, 0.15) is 0 Å². The van der Waals surface area contributed by atoms with E-state index in [1.54, 1.807) is 0 Å². The van der Waals surface area contributed by atoms with E-state index in [1.165, 1.54) is 0 Å². The van der Waals surface area contributed by atoms with Crippen LogP contribution in [-0.2, 0) is 19.5 Å². The first kappa shape index (κ1) is 14.1. The summed E-state index contributed by atoms with van der Waals surface area (Å²) in [5, 5.41) is 2.00. The first-order valence-corrected chi connectivity index (χ1v) is 8.21. The molecule has 0 saturated heterocycles. The van der Waals surface area contributed by atoms with E-state index in [0.29, 0.717) is 0 Å². The van der Waals surface area contributed by atoms with Crippen molar-refractivity contribution in [2.75, 3.05) is 0 Å². The Labute approximate surface area is 119 Å². The SMILES string of the molecule is Cl[P+](Cl)(c1ccccc1)c1ccccc1.[Rh]. The number of hydrogen-bond donors (Lipinski definition) is 0. The average Bonchev–Trinajstić information content (AvgIpc) is 2.31. The fourth-order valence-corrected chi connectivity index (χ4v) is 4.12. The Morgan fingerprint density at radius 2 is 0.938 bits per heavy atom. The molecule has 1 radical (unpaired) electrons. The average molecular weight is 359 g/mol. The summed E-state index contributed by atoms with van der Waals surface area (Å²) in [6.07, 6.45) is 0. The predicted molar refractivity (Wildman–Crippen MR) is 70.8 cm³/mol. The van der Waals surface area contributed by atoms with Gasteiger partial charge in [0.2, 0.25) is 0 Å². The molecule has 0 aliphatic carbocycles. The molecule has 0 aliphatic heterocycles. The zero-order valence-corrected chi connectivity index (χ0v) is 12.4. The Hall–Kier alpha value is 0.0734. The van der Waals surface area contributed by atoms with Crippen molar-refractivity contribution in [3.05, 3.63) is 60.7 Å². The summed E-state index contributed by atoms with van der Waals surface area (Å²) in [5.41, 5.74) is 0. The molecule has 0 fully saturated rings. The summed E-state index contributed by atoms with van der Waals surface area (Å²) in [6.45, 7) is 0. The molecule has 0 atom stereocenters. The molecule has 2 rings (SSSR count). The molecular weight excluding hydrogens is 349 g/mol. The van der Waals surface area contributed by atoms with Crippen LogP contribution in [0.25, 0.3) is 0 Å². The molecule has 0 nitrogen and oxygen atoms in total. The molecule has 0 heterocycles. The van der Waals surface area contributed by atoms with Crippen molar-refractivity contribution in [3.8, 4) is 0 Å². The van der Waals surface area contributed by atoms with Crippen LogP contribution < -0.4 is 10.6 Å². The molecule has 4 heteroatoms. The van der Waals surface area contributed by atoms with Gasteiger partial charge in [0.1, 0.15) is 33.1 Å². The molecule has 0 N–H and O–H groups in total. The van der Waals surface area contributed by atoms with Crippen molar-refractivity contribution in [2.24, 2.45) is 0 Å². The maximum Gasteiger partial charge on any atom is 0.275 e. The first-order chi connectivity index (χ1) is 7.21. The first-order valence-electron chi connectivity index (χ1n) is 4.61. The van der Waals surface area contributed by atoms with Crippen LogP contribution in [0.15, 0.2) is 60.7 Å². The van der Waals surface area contributed by atoms with Crippen LogP contribution in [0.2, 0.25) is 0 Å². The van der Waals surface area contributed by atoms with Gasteiger partial charge in [0.25, 0.3) is 5.97 Å². The van der Waals surface area contributed by atoms with Crippen molar-refractivity contribution in [1.82, 2.24) is 0 Å². The molecule has 85 valence electrons. The third-order valence-corrected chi connectivity index (χ3v) is 6.40. The normalized spacial score (nSPS) is 10.6. The van der Waals surface area contributed by atoms with E-state index < -0.39 is 5.97 Å². The molecule has 0 bridgehead atoms. The summed E-state index contributed by atoms with van der Waals surface area (Å²) in [6, 6.07) is 19.6. The Balaban J connectivity index is 0.00000128. The summed E-state index contributed by atoms with van der Waals surface area (Å²) >= 11 is 12.9. The van der Waals surface area contributed by atoms with Crippen LogP contribution in [0.4, 0.5) is 0 Å². The molecule has 2 aromatic carbocycles. The van der Waals surface area contributed by atoms with E-state index in [2.05, 4.69) is 0 Å². The van der Waals surface area contributed by atoms with Gasteiger partial charge in [-0.15, -0.1) is 0 Å². The Kier molecular flexibility index (Phi) is 5.41. The number of rotatable bonds is 2. The van der Waals surface area contributed by atoms with Gasteiger partial charge in [-0.05, 0) is 24.3 Å². The zero-order chi connectivity index (χ0) is 10.7. The fraction of sp³-hybridized carbons (Fsp3) is 0. The third-order valence-electron chi connectivity index (χ3n) is 2.16. The molecule has 0 spiro atoms. The van der Waals surface area contributed by atoms with Crippen molar-refractivity contribution in [2.45, 2.75) is 0 Å². The summed E-state index contributed by atoms with van der Waals surface area (Å²) < 4.78 is 0. The Morgan fingerprint density at radius 1 is 0.625 bits per heavy atom. The summed E-state index contributed by atoms with van der Waals surface area (Å²) in [7, 11) is 0. The van der Waals surface area contributed by atoms with Crippen molar-refractivity contribution >= 4 is 39.1 Å². The number of benzene rings is 2. The zero-order valence-electron chi connectivity index (χ0n) is 8.31. The Morgan fingerprint density at radius 3 is 1.25 bits per heavy atom. The van der Waals surface area contributed by atoms with Crippen LogP contribution in [0, 0.1) is 0 Å². The van der Waals surface area contributed by atoms with Gasteiger partial charge in [0, 0.05) is 19.5 Å². The second kappa shape index (κ2) is 6.13. The van der Waals surface area contributed by atoms with Gasteiger partial charge in [-0.25, -0.2) is 0 Å². The molecular formula is C12H10Cl2PRh+. The molecule has 16 heavy (non-hydrogen) atoms. The van der Waals surface area contributed by atoms with Crippen LogP contribution in [-0.4, -0.2) is 0 Å². The van der Waals surface area contributed by atoms with Gasteiger partial charge in [-0.2, -0.15) is 0 Å². The molecule has 0 aliphatic rings. The third kappa shape index (κ3) is 3.05. The Bertz CT molecular complexity index is 390. The largest absolute Gasteiger partial charge is 0.275 e. The second-order valence-electron chi connectivity index (χ2n) is 3.18. The maximum atomic E-state index is 6.46. The second-order valence-corrected chi connectivity index (χ2v) is 8.81. The minimum Gasteiger partial charge on any atom is -0.0620 e. The van der Waals surface area contributed by atoms with E-state index in [9.17, 15) is 0 Å². The van der Waals surface area contributed by atoms with Crippen molar-refractivity contribution in [3.63, 3.8) is 0 Å². The van der Waals surface area contributed by atoms with Gasteiger partial charge in [-0.3, -0.25) is 0 Å². The predicted octanol–water partition coefficient (Wildman–Crippen LogP) is 3.96. The van der Waals surface area contributed by atoms with Crippen LogP contribution in [0.5, 0.6) is 0 Å². The maximum absolute atomic E-state index is 6.46. The fourth-order valence-electron chi connectivity index (χ4n) is 1.38. The minimum absolute atomic E-state index is 0. The van der Waals surface area contributed by atoms with Crippen LogP contribution in [0.3, 0.4) is 0 Å². The van der Waals surface area contributed by atoms with Gasteiger partial charge in [0.15, 0.2) is 0 Å². The van der Waals surface area contributed by atoms with Gasteiger partial charge < -0.3 is 0 Å². The molecule has 2 aromatic rings.